The number of nitrogens with zero attached hydrogens (tertiary/aromatic N) is 5. The van der Waals surface area contributed by atoms with Gasteiger partial charge in [0.15, 0.2) is 0 Å². The van der Waals surface area contributed by atoms with Crippen LogP contribution in [0.1, 0.15) is 41.2 Å². The standard InChI is InChI=1S/C25H31N7O2/c1-16-14-17(2)27-24(26-16)32-19(4)22(18(3)30-32)15-23(33)31-12-10-21(11-13-31)29-25(34)28-20-8-6-5-7-9-20/h5-9,14,21H,10-13,15H2,1-4H3,(H2,28,29,34). The molecule has 2 aromatic heterocycles. The van der Waals surface area contributed by atoms with Gasteiger partial charge in [-0.3, -0.25) is 4.79 Å². The number of aromatic nitrogens is 4. The van der Waals surface area contributed by atoms with Crippen LogP contribution in [0.15, 0.2) is 36.4 Å². The average Bonchev–Trinajstić information content (AvgIpc) is 3.08. The zero-order chi connectivity index (χ0) is 24.2. The lowest BCUT2D eigenvalue weighted by Gasteiger charge is -2.32. The summed E-state index contributed by atoms with van der Waals surface area (Å²) >= 11 is 0. The van der Waals surface area contributed by atoms with Crippen LogP contribution in [0.2, 0.25) is 0 Å². The van der Waals surface area contributed by atoms with Crippen LogP contribution in [0.25, 0.3) is 5.95 Å². The molecule has 0 bridgehead atoms. The van der Waals surface area contributed by atoms with Crippen molar-refractivity contribution in [2.45, 2.75) is 53.0 Å². The van der Waals surface area contributed by atoms with Gasteiger partial charge < -0.3 is 15.5 Å². The summed E-state index contributed by atoms with van der Waals surface area (Å²) in [5, 5.41) is 10.5. The molecule has 0 radical (unpaired) electrons. The maximum atomic E-state index is 13.1. The van der Waals surface area contributed by atoms with E-state index in [1.165, 1.54) is 0 Å². The second kappa shape index (κ2) is 10.0. The Balaban J connectivity index is 1.33. The van der Waals surface area contributed by atoms with Crippen molar-refractivity contribution in [2.75, 3.05) is 18.4 Å². The summed E-state index contributed by atoms with van der Waals surface area (Å²) in [4.78, 5) is 36.2. The molecule has 1 saturated heterocycles. The number of carbonyl (C=O) groups excluding carboxylic acids is 2. The minimum absolute atomic E-state index is 0.0423. The van der Waals surface area contributed by atoms with Crippen LogP contribution in [0.4, 0.5) is 10.5 Å². The summed E-state index contributed by atoms with van der Waals surface area (Å²) in [7, 11) is 0. The van der Waals surface area contributed by atoms with Crippen molar-refractivity contribution in [3.8, 4) is 5.95 Å². The number of piperidine rings is 1. The van der Waals surface area contributed by atoms with Gasteiger partial charge in [-0.1, -0.05) is 18.2 Å². The SMILES string of the molecule is Cc1cc(C)nc(-n2nc(C)c(CC(=O)N3CCC(NC(=O)Nc4ccccc4)CC3)c2C)n1. The maximum Gasteiger partial charge on any atom is 0.319 e. The third-order valence-electron chi connectivity index (χ3n) is 6.14. The van der Waals surface area contributed by atoms with E-state index in [0.29, 0.717) is 19.0 Å². The number of para-hydroxylation sites is 1. The topological polar surface area (TPSA) is 105 Å². The highest BCUT2D eigenvalue weighted by molar-refractivity contribution is 5.89. The summed E-state index contributed by atoms with van der Waals surface area (Å²) in [5.41, 5.74) is 5.11. The highest BCUT2D eigenvalue weighted by Gasteiger charge is 2.26. The second-order valence-corrected chi connectivity index (χ2v) is 8.81. The number of hydrogen-bond donors (Lipinski definition) is 2. The van der Waals surface area contributed by atoms with E-state index in [2.05, 4.69) is 25.7 Å². The van der Waals surface area contributed by atoms with Crippen LogP contribution >= 0.6 is 0 Å². The predicted molar refractivity (Wildman–Crippen MR) is 130 cm³/mol. The van der Waals surface area contributed by atoms with Gasteiger partial charge in [0.1, 0.15) is 0 Å². The van der Waals surface area contributed by atoms with Crippen molar-refractivity contribution in [3.05, 3.63) is 64.7 Å². The van der Waals surface area contributed by atoms with Crippen molar-refractivity contribution < 1.29 is 9.59 Å². The molecule has 1 aliphatic rings. The van der Waals surface area contributed by atoms with E-state index in [-0.39, 0.29) is 24.4 Å². The Morgan fingerprint density at radius 2 is 1.65 bits per heavy atom. The molecule has 3 amide bonds. The number of anilines is 1. The molecule has 0 aliphatic carbocycles. The summed E-state index contributed by atoms with van der Waals surface area (Å²) in [6.07, 6.45) is 1.73. The van der Waals surface area contributed by atoms with E-state index < -0.39 is 0 Å². The molecule has 1 fully saturated rings. The Hall–Kier alpha value is -3.75. The molecule has 9 heteroatoms. The number of likely N-dealkylation sites (tertiary alicyclic amines) is 1. The van der Waals surface area contributed by atoms with Crippen molar-refractivity contribution >= 4 is 17.6 Å². The molecule has 1 aromatic carbocycles. The highest BCUT2D eigenvalue weighted by Crippen LogP contribution is 2.19. The Kier molecular flexibility index (Phi) is 6.90. The summed E-state index contributed by atoms with van der Waals surface area (Å²) in [5.74, 6) is 0.594. The van der Waals surface area contributed by atoms with E-state index in [1.54, 1.807) is 4.68 Å². The number of hydrogen-bond acceptors (Lipinski definition) is 5. The normalized spacial score (nSPS) is 14.2. The smallest absolute Gasteiger partial charge is 0.319 e. The lowest BCUT2D eigenvalue weighted by Crippen LogP contribution is -2.48. The van der Waals surface area contributed by atoms with Crippen LogP contribution in [-0.4, -0.2) is 55.7 Å². The van der Waals surface area contributed by atoms with E-state index in [1.807, 2.05) is 69.0 Å². The molecule has 34 heavy (non-hydrogen) atoms. The lowest BCUT2D eigenvalue weighted by molar-refractivity contribution is -0.131. The molecular weight excluding hydrogens is 430 g/mol. The molecule has 3 heterocycles. The third kappa shape index (κ3) is 5.41. The lowest BCUT2D eigenvalue weighted by atomic mass is 10.0. The summed E-state index contributed by atoms with van der Waals surface area (Å²) in [6, 6.07) is 11.1. The van der Waals surface area contributed by atoms with Gasteiger partial charge in [-0.25, -0.2) is 19.4 Å². The monoisotopic (exact) mass is 461 g/mol. The maximum absolute atomic E-state index is 13.1. The molecule has 3 aromatic rings. The molecule has 4 rings (SSSR count). The fourth-order valence-corrected chi connectivity index (χ4v) is 4.34. The fourth-order valence-electron chi connectivity index (χ4n) is 4.34. The first-order valence-corrected chi connectivity index (χ1v) is 11.6. The number of carbonyl (C=O) groups is 2. The zero-order valence-corrected chi connectivity index (χ0v) is 20.1. The first kappa shape index (κ1) is 23.4. The van der Waals surface area contributed by atoms with Crippen molar-refractivity contribution in [1.29, 1.82) is 0 Å². The van der Waals surface area contributed by atoms with Crippen molar-refractivity contribution in [3.63, 3.8) is 0 Å². The number of benzene rings is 1. The van der Waals surface area contributed by atoms with Crippen molar-refractivity contribution in [1.82, 2.24) is 30.0 Å². The molecule has 0 spiro atoms. The van der Waals surface area contributed by atoms with E-state index in [9.17, 15) is 9.59 Å². The highest BCUT2D eigenvalue weighted by atomic mass is 16.2. The zero-order valence-electron chi connectivity index (χ0n) is 20.1. The first-order chi connectivity index (χ1) is 16.3. The second-order valence-electron chi connectivity index (χ2n) is 8.81. The van der Waals surface area contributed by atoms with Gasteiger partial charge >= 0.3 is 6.03 Å². The number of nitrogens with one attached hydrogen (secondary N) is 2. The summed E-state index contributed by atoms with van der Waals surface area (Å²) < 4.78 is 1.72. The van der Waals surface area contributed by atoms with Gasteiger partial charge in [0.2, 0.25) is 5.91 Å². The van der Waals surface area contributed by atoms with E-state index in [4.69, 9.17) is 0 Å². The molecule has 1 aliphatic heterocycles. The average molecular weight is 462 g/mol. The van der Waals surface area contributed by atoms with Gasteiger partial charge in [0, 0.05) is 47.5 Å². The Labute approximate surface area is 199 Å². The molecule has 0 atom stereocenters. The molecule has 9 nitrogen and oxygen atoms in total. The minimum atomic E-state index is -0.219. The molecule has 2 N–H and O–H groups in total. The van der Waals surface area contributed by atoms with Crippen LogP contribution in [0.5, 0.6) is 0 Å². The van der Waals surface area contributed by atoms with Crippen LogP contribution < -0.4 is 10.6 Å². The first-order valence-electron chi connectivity index (χ1n) is 11.6. The molecule has 178 valence electrons. The van der Waals surface area contributed by atoms with E-state index >= 15 is 0 Å². The van der Waals surface area contributed by atoms with E-state index in [0.717, 1.165) is 46.9 Å². The van der Waals surface area contributed by atoms with Gasteiger partial charge in [-0.2, -0.15) is 5.10 Å². The Morgan fingerprint density at radius 1 is 1.00 bits per heavy atom. The Morgan fingerprint density at radius 3 is 2.29 bits per heavy atom. The number of urea groups is 1. The number of amides is 3. The Bertz CT molecular complexity index is 1160. The predicted octanol–water partition coefficient (Wildman–Crippen LogP) is 3.25. The van der Waals surface area contributed by atoms with Crippen molar-refractivity contribution in [2.24, 2.45) is 0 Å². The van der Waals surface area contributed by atoms with Gasteiger partial charge in [-0.05, 0) is 58.7 Å². The molecular formula is C25H31N7O2. The number of rotatable bonds is 5. The molecule has 0 saturated carbocycles. The van der Waals surface area contributed by atoms with Gasteiger partial charge in [0.05, 0.1) is 12.1 Å². The minimum Gasteiger partial charge on any atom is -0.342 e. The largest absolute Gasteiger partial charge is 0.342 e. The van der Waals surface area contributed by atoms with Crippen LogP contribution in [-0.2, 0) is 11.2 Å². The quantitative estimate of drug-likeness (QED) is 0.607. The molecule has 0 unspecified atom stereocenters. The van der Waals surface area contributed by atoms with Crippen LogP contribution in [0, 0.1) is 27.7 Å². The number of aryl methyl sites for hydroxylation is 3. The third-order valence-corrected chi connectivity index (χ3v) is 6.14. The van der Waals surface area contributed by atoms with Gasteiger partial charge in [0.25, 0.3) is 5.95 Å². The van der Waals surface area contributed by atoms with Crippen LogP contribution in [0.3, 0.4) is 0 Å². The van der Waals surface area contributed by atoms with Gasteiger partial charge in [-0.15, -0.1) is 0 Å². The summed E-state index contributed by atoms with van der Waals surface area (Å²) in [6.45, 7) is 8.95. The fraction of sp³-hybridized carbons (Fsp3) is 0.400.